The monoisotopic (exact) mass is 346 g/mol. The molecule has 0 saturated heterocycles. The van der Waals surface area contributed by atoms with Crippen LogP contribution in [-0.2, 0) is 4.74 Å². The molecular formula is C13H20BrFN2OSi. The molecule has 0 radical (unpaired) electrons. The van der Waals surface area contributed by atoms with Gasteiger partial charge in [0.2, 0.25) is 0 Å². The van der Waals surface area contributed by atoms with Crippen LogP contribution in [0.3, 0.4) is 0 Å². The van der Waals surface area contributed by atoms with Gasteiger partial charge in [-0.2, -0.15) is 0 Å². The highest BCUT2D eigenvalue weighted by Crippen LogP contribution is 2.23. The lowest BCUT2D eigenvalue weighted by Gasteiger charge is -2.16. The lowest BCUT2D eigenvalue weighted by atomic mass is 10.2. The van der Waals surface area contributed by atoms with E-state index in [0.717, 1.165) is 18.9 Å². The molecule has 0 bridgehead atoms. The first-order chi connectivity index (χ1) is 8.83. The van der Waals surface area contributed by atoms with E-state index < -0.39 is 8.07 Å². The first-order valence-electron chi connectivity index (χ1n) is 6.14. The van der Waals surface area contributed by atoms with E-state index in [1.165, 1.54) is 6.07 Å². The van der Waals surface area contributed by atoms with Crippen LogP contribution in [0, 0.1) is 11.2 Å². The molecular weight excluding hydrogens is 327 g/mol. The smallest absolute Gasteiger partial charge is 0.138 e. The number of anilines is 1. The SMILES string of the molecule is C[Si](C)(C)CCOCNc1cc(Br)c(F)cc1C=N. The third-order valence-corrected chi connectivity index (χ3v) is 4.92. The molecule has 1 aromatic rings. The molecule has 0 aliphatic carbocycles. The van der Waals surface area contributed by atoms with Crippen LogP contribution in [0.15, 0.2) is 16.6 Å². The summed E-state index contributed by atoms with van der Waals surface area (Å²) in [5, 5.41) is 10.3. The van der Waals surface area contributed by atoms with Crippen LogP contribution in [0.5, 0.6) is 0 Å². The third-order valence-electron chi connectivity index (χ3n) is 2.61. The minimum Gasteiger partial charge on any atom is -0.362 e. The summed E-state index contributed by atoms with van der Waals surface area (Å²) in [7, 11) is -1.07. The van der Waals surface area contributed by atoms with Crippen molar-refractivity contribution in [1.29, 1.82) is 5.41 Å². The minimum atomic E-state index is -1.07. The maximum atomic E-state index is 13.3. The van der Waals surface area contributed by atoms with Crippen LogP contribution < -0.4 is 5.32 Å². The minimum absolute atomic E-state index is 0.364. The summed E-state index contributed by atoms with van der Waals surface area (Å²) >= 11 is 3.13. The van der Waals surface area contributed by atoms with Gasteiger partial charge in [-0.05, 0) is 34.1 Å². The number of halogens is 2. The number of hydrogen-bond acceptors (Lipinski definition) is 3. The summed E-state index contributed by atoms with van der Waals surface area (Å²) in [6, 6.07) is 4.05. The predicted molar refractivity (Wildman–Crippen MR) is 84.6 cm³/mol. The Bertz CT molecular complexity index is 449. The standard InChI is InChI=1S/C13H20BrFN2OSi/c1-19(2,3)5-4-18-9-17-13-7-11(14)12(15)6-10(13)8-16/h6-8,16-17H,4-5,9H2,1-3H3. The zero-order valence-corrected chi connectivity index (χ0v) is 14.1. The highest BCUT2D eigenvalue weighted by atomic mass is 79.9. The van der Waals surface area contributed by atoms with Crippen LogP contribution in [0.25, 0.3) is 0 Å². The van der Waals surface area contributed by atoms with Gasteiger partial charge in [0.05, 0.1) is 4.47 Å². The van der Waals surface area contributed by atoms with Gasteiger partial charge in [0, 0.05) is 32.1 Å². The Morgan fingerprint density at radius 1 is 1.42 bits per heavy atom. The van der Waals surface area contributed by atoms with Gasteiger partial charge < -0.3 is 15.5 Å². The van der Waals surface area contributed by atoms with Crippen molar-refractivity contribution in [2.24, 2.45) is 0 Å². The molecule has 0 unspecified atom stereocenters. The molecule has 2 N–H and O–H groups in total. The Balaban J connectivity index is 2.49. The van der Waals surface area contributed by atoms with Crippen molar-refractivity contribution in [3.63, 3.8) is 0 Å². The van der Waals surface area contributed by atoms with Crippen molar-refractivity contribution >= 4 is 35.9 Å². The van der Waals surface area contributed by atoms with E-state index in [1.54, 1.807) is 6.07 Å². The van der Waals surface area contributed by atoms with E-state index in [0.29, 0.717) is 22.5 Å². The van der Waals surface area contributed by atoms with Crippen molar-refractivity contribution in [2.75, 3.05) is 18.7 Å². The van der Waals surface area contributed by atoms with Gasteiger partial charge in [-0.15, -0.1) is 0 Å². The zero-order valence-electron chi connectivity index (χ0n) is 11.5. The van der Waals surface area contributed by atoms with Gasteiger partial charge in [-0.3, -0.25) is 0 Å². The molecule has 1 aromatic carbocycles. The summed E-state index contributed by atoms with van der Waals surface area (Å²) in [5.74, 6) is -0.372. The Kier molecular flexibility index (Phi) is 6.16. The predicted octanol–water partition coefficient (Wildman–Crippen LogP) is 4.31. The number of rotatable bonds is 7. The molecule has 0 spiro atoms. The maximum absolute atomic E-state index is 13.3. The van der Waals surface area contributed by atoms with Crippen LogP contribution in [0.1, 0.15) is 5.56 Å². The van der Waals surface area contributed by atoms with E-state index in [1.807, 2.05) is 0 Å². The molecule has 0 aromatic heterocycles. The van der Waals surface area contributed by atoms with Crippen LogP contribution in [0.2, 0.25) is 25.7 Å². The zero-order chi connectivity index (χ0) is 14.5. The molecule has 6 heteroatoms. The van der Waals surface area contributed by atoms with Gasteiger partial charge >= 0.3 is 0 Å². The molecule has 19 heavy (non-hydrogen) atoms. The summed E-state index contributed by atoms with van der Waals surface area (Å²) in [5.41, 5.74) is 1.20. The summed E-state index contributed by atoms with van der Waals surface area (Å²) < 4.78 is 19.2. The largest absolute Gasteiger partial charge is 0.362 e. The van der Waals surface area contributed by atoms with E-state index in [2.05, 4.69) is 40.9 Å². The fraction of sp³-hybridized carbons (Fsp3) is 0.462. The second-order valence-corrected chi connectivity index (χ2v) is 12.0. The Labute approximate surface area is 123 Å². The van der Waals surface area contributed by atoms with Crippen LogP contribution >= 0.6 is 15.9 Å². The topological polar surface area (TPSA) is 45.1 Å². The van der Waals surface area contributed by atoms with Gasteiger partial charge in [-0.1, -0.05) is 19.6 Å². The van der Waals surface area contributed by atoms with Gasteiger partial charge in [0.25, 0.3) is 0 Å². The Morgan fingerprint density at radius 2 is 2.11 bits per heavy atom. The molecule has 0 saturated carbocycles. The van der Waals surface area contributed by atoms with E-state index in [9.17, 15) is 4.39 Å². The lowest BCUT2D eigenvalue weighted by Crippen LogP contribution is -2.22. The highest BCUT2D eigenvalue weighted by Gasteiger charge is 2.12. The molecule has 0 aliphatic heterocycles. The van der Waals surface area contributed by atoms with Crippen LogP contribution in [-0.4, -0.2) is 27.6 Å². The average Bonchev–Trinajstić information content (AvgIpc) is 2.31. The van der Waals surface area contributed by atoms with E-state index in [-0.39, 0.29) is 5.82 Å². The summed E-state index contributed by atoms with van der Waals surface area (Å²) in [4.78, 5) is 0. The average molecular weight is 347 g/mol. The lowest BCUT2D eigenvalue weighted by molar-refractivity contribution is 0.166. The first-order valence-corrected chi connectivity index (χ1v) is 10.6. The fourth-order valence-corrected chi connectivity index (χ4v) is 2.51. The Morgan fingerprint density at radius 3 is 2.68 bits per heavy atom. The normalized spacial score (nSPS) is 11.4. The van der Waals surface area contributed by atoms with E-state index in [4.69, 9.17) is 10.1 Å². The van der Waals surface area contributed by atoms with Gasteiger partial charge in [0.1, 0.15) is 12.5 Å². The molecule has 1 rings (SSSR count). The molecule has 0 heterocycles. The Hall–Kier alpha value is -0.723. The van der Waals surface area contributed by atoms with Gasteiger partial charge in [-0.25, -0.2) is 4.39 Å². The van der Waals surface area contributed by atoms with Crippen molar-refractivity contribution in [2.45, 2.75) is 25.7 Å². The van der Waals surface area contributed by atoms with Crippen molar-refractivity contribution < 1.29 is 9.13 Å². The molecule has 0 fully saturated rings. The maximum Gasteiger partial charge on any atom is 0.138 e. The fourth-order valence-electron chi connectivity index (χ4n) is 1.41. The van der Waals surface area contributed by atoms with Crippen molar-refractivity contribution in [1.82, 2.24) is 0 Å². The molecule has 0 aliphatic rings. The second kappa shape index (κ2) is 7.16. The highest BCUT2D eigenvalue weighted by molar-refractivity contribution is 9.10. The molecule has 0 atom stereocenters. The van der Waals surface area contributed by atoms with Crippen LogP contribution in [0.4, 0.5) is 10.1 Å². The van der Waals surface area contributed by atoms with E-state index >= 15 is 0 Å². The number of hydrogen-bond donors (Lipinski definition) is 2. The third kappa shape index (κ3) is 5.84. The molecule has 3 nitrogen and oxygen atoms in total. The summed E-state index contributed by atoms with van der Waals surface area (Å²) in [6.07, 6.45) is 1.12. The van der Waals surface area contributed by atoms with Crippen molar-refractivity contribution in [3.05, 3.63) is 28.0 Å². The number of nitrogens with one attached hydrogen (secondary N) is 2. The number of ether oxygens (including phenoxy) is 1. The van der Waals surface area contributed by atoms with Gasteiger partial charge in [0.15, 0.2) is 0 Å². The molecule has 0 amide bonds. The van der Waals surface area contributed by atoms with Crippen molar-refractivity contribution in [3.8, 4) is 0 Å². The quantitative estimate of drug-likeness (QED) is 0.334. The molecule has 106 valence electrons. The summed E-state index contributed by atoms with van der Waals surface area (Å²) in [6.45, 7) is 7.99. The second-order valence-electron chi connectivity index (χ2n) is 5.54. The first kappa shape index (κ1) is 16.3. The number of benzene rings is 1.